The van der Waals surface area contributed by atoms with Crippen molar-refractivity contribution in [2.24, 2.45) is 0 Å². The van der Waals surface area contributed by atoms with Crippen LogP contribution >= 0.6 is 0 Å². The second-order valence-electron chi connectivity index (χ2n) is 5.96. The van der Waals surface area contributed by atoms with Gasteiger partial charge in [0.2, 0.25) is 15.9 Å². The van der Waals surface area contributed by atoms with Gasteiger partial charge in [-0.25, -0.2) is 13.1 Å². The molecule has 1 fully saturated rings. The number of nitrogens with zero attached hydrogens (tertiary/aromatic N) is 4. The van der Waals surface area contributed by atoms with Crippen LogP contribution in [0.2, 0.25) is 0 Å². The van der Waals surface area contributed by atoms with Gasteiger partial charge in [0, 0.05) is 26.7 Å². The lowest BCUT2D eigenvalue weighted by Gasteiger charge is -2.34. The van der Waals surface area contributed by atoms with Crippen LogP contribution in [0.1, 0.15) is 31.6 Å². The second kappa shape index (κ2) is 7.38. The van der Waals surface area contributed by atoms with Gasteiger partial charge in [-0.2, -0.15) is 4.98 Å². The van der Waals surface area contributed by atoms with Crippen molar-refractivity contribution in [2.45, 2.75) is 38.3 Å². The molecular formula is C13H25N5O3S. The number of piperidine rings is 1. The van der Waals surface area contributed by atoms with Crippen LogP contribution in [0, 0.1) is 0 Å². The fourth-order valence-electron chi connectivity index (χ4n) is 2.67. The average molecular weight is 331 g/mol. The molecule has 2 heterocycles. The number of anilines is 1. The smallest absolute Gasteiger partial charge is 0.265 e. The van der Waals surface area contributed by atoms with Gasteiger partial charge in [0.05, 0.1) is 12.8 Å². The van der Waals surface area contributed by atoms with E-state index >= 15 is 0 Å². The first-order valence-corrected chi connectivity index (χ1v) is 9.43. The normalized spacial score (nSPS) is 20.2. The number of likely N-dealkylation sites (tertiary alicyclic amines) is 1. The highest BCUT2D eigenvalue weighted by Gasteiger charge is 2.24. The average Bonchev–Trinajstić information content (AvgIpc) is 2.88. The fourth-order valence-corrected chi connectivity index (χ4v) is 3.16. The molecule has 0 unspecified atom stereocenters. The van der Waals surface area contributed by atoms with Gasteiger partial charge in [-0.15, -0.1) is 0 Å². The van der Waals surface area contributed by atoms with Gasteiger partial charge in [0.1, 0.15) is 0 Å². The first-order valence-electron chi connectivity index (χ1n) is 7.54. The van der Waals surface area contributed by atoms with E-state index in [0.29, 0.717) is 31.0 Å². The molecule has 0 saturated carbocycles. The SMILES string of the molecule is CN(C)c1noc(CN2CCCC[C@H]2CCNS(C)(=O)=O)n1. The Morgan fingerprint density at radius 2 is 2.18 bits per heavy atom. The Bertz CT molecular complexity index is 572. The van der Waals surface area contributed by atoms with Crippen molar-refractivity contribution in [3.8, 4) is 0 Å². The summed E-state index contributed by atoms with van der Waals surface area (Å²) < 4.78 is 30.1. The van der Waals surface area contributed by atoms with E-state index in [-0.39, 0.29) is 0 Å². The quantitative estimate of drug-likeness (QED) is 0.774. The van der Waals surface area contributed by atoms with Gasteiger partial charge in [-0.05, 0) is 31.0 Å². The first kappa shape index (κ1) is 17.2. The summed E-state index contributed by atoms with van der Waals surface area (Å²) in [5, 5.41) is 3.92. The Morgan fingerprint density at radius 3 is 2.82 bits per heavy atom. The van der Waals surface area contributed by atoms with E-state index in [9.17, 15) is 8.42 Å². The number of nitrogens with one attached hydrogen (secondary N) is 1. The molecule has 9 heteroatoms. The third-order valence-electron chi connectivity index (χ3n) is 3.79. The van der Waals surface area contributed by atoms with E-state index in [2.05, 4.69) is 19.8 Å². The number of sulfonamides is 1. The lowest BCUT2D eigenvalue weighted by atomic mass is 9.99. The predicted octanol–water partition coefficient (Wildman–Crippen LogP) is 0.429. The minimum absolute atomic E-state index is 0.345. The van der Waals surface area contributed by atoms with Crippen LogP contribution in [0.4, 0.5) is 5.95 Å². The highest BCUT2D eigenvalue weighted by atomic mass is 32.2. The van der Waals surface area contributed by atoms with E-state index in [1.54, 1.807) is 4.90 Å². The molecule has 0 spiro atoms. The molecule has 1 atom stereocenters. The van der Waals surface area contributed by atoms with E-state index in [1.807, 2.05) is 14.1 Å². The summed E-state index contributed by atoms with van der Waals surface area (Å²) in [7, 11) is 0.618. The number of aromatic nitrogens is 2. The van der Waals surface area contributed by atoms with Crippen LogP contribution in [-0.2, 0) is 16.6 Å². The lowest BCUT2D eigenvalue weighted by molar-refractivity contribution is 0.118. The van der Waals surface area contributed by atoms with Crippen LogP contribution < -0.4 is 9.62 Å². The summed E-state index contributed by atoms with van der Waals surface area (Å²) in [4.78, 5) is 8.46. The Balaban J connectivity index is 1.91. The van der Waals surface area contributed by atoms with Gasteiger partial charge in [0.15, 0.2) is 0 Å². The van der Waals surface area contributed by atoms with E-state index in [0.717, 1.165) is 25.8 Å². The zero-order valence-corrected chi connectivity index (χ0v) is 14.3. The Morgan fingerprint density at radius 1 is 1.41 bits per heavy atom. The molecule has 0 bridgehead atoms. The van der Waals surface area contributed by atoms with E-state index < -0.39 is 10.0 Å². The molecule has 0 aliphatic carbocycles. The van der Waals surface area contributed by atoms with Crippen LogP contribution in [-0.4, -0.2) is 62.9 Å². The van der Waals surface area contributed by atoms with Gasteiger partial charge in [0.25, 0.3) is 5.95 Å². The van der Waals surface area contributed by atoms with Crippen molar-refractivity contribution in [3.63, 3.8) is 0 Å². The number of rotatable bonds is 7. The summed E-state index contributed by atoms with van der Waals surface area (Å²) in [5.74, 6) is 1.17. The molecule has 0 aromatic carbocycles. The first-order chi connectivity index (χ1) is 10.3. The predicted molar refractivity (Wildman–Crippen MR) is 84.1 cm³/mol. The summed E-state index contributed by atoms with van der Waals surface area (Å²) in [5.41, 5.74) is 0. The third kappa shape index (κ3) is 5.22. The standard InChI is InChI=1S/C13H25N5O3S/c1-17(2)13-15-12(21-16-13)10-18-9-5-4-6-11(18)7-8-14-22(3,19)20/h11,14H,4-10H2,1-3H3/t11-/m0/s1. The van der Waals surface area contributed by atoms with E-state index in [1.165, 1.54) is 12.7 Å². The molecule has 2 rings (SSSR count). The lowest BCUT2D eigenvalue weighted by Crippen LogP contribution is -2.41. The fraction of sp³-hybridized carbons (Fsp3) is 0.846. The zero-order valence-electron chi connectivity index (χ0n) is 13.4. The molecule has 22 heavy (non-hydrogen) atoms. The molecule has 126 valence electrons. The molecule has 8 nitrogen and oxygen atoms in total. The minimum Gasteiger partial charge on any atom is -0.344 e. The highest BCUT2D eigenvalue weighted by Crippen LogP contribution is 2.21. The molecule has 1 N–H and O–H groups in total. The van der Waals surface area contributed by atoms with Crippen LogP contribution in [0.25, 0.3) is 0 Å². The molecule has 1 saturated heterocycles. The molecular weight excluding hydrogens is 306 g/mol. The van der Waals surface area contributed by atoms with Crippen molar-refractivity contribution in [3.05, 3.63) is 5.89 Å². The van der Waals surface area contributed by atoms with Crippen molar-refractivity contribution in [1.29, 1.82) is 0 Å². The van der Waals surface area contributed by atoms with Crippen molar-refractivity contribution >= 4 is 16.0 Å². The van der Waals surface area contributed by atoms with Gasteiger partial charge >= 0.3 is 0 Å². The third-order valence-corrected chi connectivity index (χ3v) is 4.52. The van der Waals surface area contributed by atoms with E-state index in [4.69, 9.17) is 4.52 Å². The maximum Gasteiger partial charge on any atom is 0.265 e. The Labute approximate surface area is 131 Å². The Kier molecular flexibility index (Phi) is 5.76. The molecule has 1 aromatic rings. The summed E-state index contributed by atoms with van der Waals surface area (Å²) >= 11 is 0. The summed E-state index contributed by atoms with van der Waals surface area (Å²) in [6.07, 6.45) is 5.37. The van der Waals surface area contributed by atoms with Gasteiger partial charge in [-0.3, -0.25) is 4.90 Å². The molecule has 1 aliphatic heterocycles. The molecule has 1 aromatic heterocycles. The number of hydrogen-bond acceptors (Lipinski definition) is 7. The van der Waals surface area contributed by atoms with Crippen molar-refractivity contribution in [2.75, 3.05) is 38.3 Å². The highest BCUT2D eigenvalue weighted by molar-refractivity contribution is 7.88. The second-order valence-corrected chi connectivity index (χ2v) is 7.79. The zero-order chi connectivity index (χ0) is 16.2. The maximum atomic E-state index is 11.1. The van der Waals surface area contributed by atoms with Gasteiger partial charge < -0.3 is 9.42 Å². The van der Waals surface area contributed by atoms with Crippen LogP contribution in [0.5, 0.6) is 0 Å². The molecule has 0 radical (unpaired) electrons. The minimum atomic E-state index is -3.12. The Hall–Kier alpha value is -1.19. The monoisotopic (exact) mass is 331 g/mol. The van der Waals surface area contributed by atoms with Crippen molar-refractivity contribution < 1.29 is 12.9 Å². The topological polar surface area (TPSA) is 91.6 Å². The van der Waals surface area contributed by atoms with Gasteiger partial charge in [-0.1, -0.05) is 6.42 Å². The maximum absolute atomic E-state index is 11.1. The largest absolute Gasteiger partial charge is 0.344 e. The summed E-state index contributed by atoms with van der Waals surface area (Å²) in [6.45, 7) is 2.06. The van der Waals surface area contributed by atoms with Crippen molar-refractivity contribution in [1.82, 2.24) is 19.8 Å². The summed E-state index contributed by atoms with van der Waals surface area (Å²) in [6, 6.07) is 0.345. The number of hydrogen-bond donors (Lipinski definition) is 1. The molecule has 1 aliphatic rings. The molecule has 0 amide bonds. The van der Waals surface area contributed by atoms with Crippen LogP contribution in [0.3, 0.4) is 0 Å². The van der Waals surface area contributed by atoms with Crippen LogP contribution in [0.15, 0.2) is 4.52 Å².